The second-order valence-corrected chi connectivity index (χ2v) is 18.2. The third-order valence-corrected chi connectivity index (χ3v) is 13.6. The van der Waals surface area contributed by atoms with Gasteiger partial charge in [0, 0.05) is 42.4 Å². The Kier molecular flexibility index (Phi) is 13.8. The first kappa shape index (κ1) is 46.3. The van der Waals surface area contributed by atoms with Gasteiger partial charge in [-0.3, -0.25) is 24.1 Å². The van der Waals surface area contributed by atoms with Crippen molar-refractivity contribution in [2.24, 2.45) is 0 Å². The Morgan fingerprint density at radius 2 is 1.29 bits per heavy atom. The fourth-order valence-electron chi connectivity index (χ4n) is 8.02. The summed E-state index contributed by atoms with van der Waals surface area (Å²) in [6.07, 6.45) is -1.36. The lowest BCUT2D eigenvalue weighted by Gasteiger charge is -2.50. The SMILES string of the molecule is CC(=O)Oc1ccc2c(c1)Oc1cc(OC(C)=O)ccc1N2C(=O)OCc1ccc(SCC2=C(C(=O)OC(c3ccccc3)c3ccccc3)N3C(=O)[C@@H](NC(=O)Cc4ccccc4)[C@H]3SC2)cc1. The topological polar surface area (TPSA) is 167 Å². The van der Waals surface area contributed by atoms with Crippen LogP contribution in [0.15, 0.2) is 168 Å². The number of hydrogen-bond donors (Lipinski definition) is 1. The van der Waals surface area contributed by atoms with Gasteiger partial charge in [-0.25, -0.2) is 14.5 Å². The molecule has 0 spiro atoms. The average Bonchev–Trinajstić information content (AvgIpc) is 3.35. The maximum Gasteiger partial charge on any atom is 0.419 e. The molecule has 0 unspecified atom stereocenters. The molecule has 3 aliphatic rings. The number of amides is 3. The molecule has 6 aromatic carbocycles. The van der Waals surface area contributed by atoms with Crippen molar-refractivity contribution in [3.05, 3.63) is 185 Å². The molecule has 69 heavy (non-hydrogen) atoms. The van der Waals surface area contributed by atoms with Crippen LogP contribution in [0.25, 0.3) is 0 Å². The first-order valence-corrected chi connectivity index (χ1v) is 23.8. The van der Waals surface area contributed by atoms with Crippen LogP contribution in [0.5, 0.6) is 23.0 Å². The summed E-state index contributed by atoms with van der Waals surface area (Å²) in [6.45, 7) is 2.45. The molecule has 14 nitrogen and oxygen atoms in total. The Morgan fingerprint density at radius 1 is 0.725 bits per heavy atom. The molecule has 348 valence electrons. The average molecular weight is 962 g/mol. The van der Waals surface area contributed by atoms with Crippen molar-refractivity contribution >= 4 is 70.7 Å². The van der Waals surface area contributed by atoms with Crippen LogP contribution in [0.1, 0.15) is 42.2 Å². The molecule has 0 radical (unpaired) electrons. The minimum absolute atomic E-state index is 0.0911. The number of anilines is 2. The Labute approximate surface area is 405 Å². The van der Waals surface area contributed by atoms with Gasteiger partial charge in [0.2, 0.25) is 5.91 Å². The van der Waals surface area contributed by atoms with Gasteiger partial charge in [-0.1, -0.05) is 103 Å². The number of ether oxygens (including phenoxy) is 5. The smallest absolute Gasteiger partial charge is 0.419 e. The largest absolute Gasteiger partial charge is 0.453 e. The summed E-state index contributed by atoms with van der Waals surface area (Å²) < 4.78 is 28.7. The van der Waals surface area contributed by atoms with E-state index in [4.69, 9.17) is 23.7 Å². The summed E-state index contributed by atoms with van der Waals surface area (Å²) in [6, 6.07) is 43.9. The molecule has 0 saturated carbocycles. The van der Waals surface area contributed by atoms with Crippen molar-refractivity contribution in [2.75, 3.05) is 16.4 Å². The molecule has 3 heterocycles. The van der Waals surface area contributed by atoms with E-state index in [-0.39, 0.29) is 53.5 Å². The van der Waals surface area contributed by atoms with Crippen molar-refractivity contribution in [1.82, 2.24) is 10.2 Å². The Morgan fingerprint density at radius 3 is 1.86 bits per heavy atom. The second kappa shape index (κ2) is 20.6. The van der Waals surface area contributed by atoms with E-state index in [0.29, 0.717) is 34.0 Å². The van der Waals surface area contributed by atoms with Crippen LogP contribution >= 0.6 is 23.5 Å². The molecular weight excluding hydrogens is 919 g/mol. The molecule has 2 atom stereocenters. The van der Waals surface area contributed by atoms with Crippen LogP contribution < -0.4 is 24.4 Å². The Hall–Kier alpha value is -7.82. The molecule has 1 N–H and O–H groups in total. The molecular formula is C53H43N3O11S2. The van der Waals surface area contributed by atoms with Gasteiger partial charge in [-0.05, 0) is 64.2 Å². The number of carbonyl (C=O) groups is 6. The van der Waals surface area contributed by atoms with Crippen molar-refractivity contribution in [2.45, 2.75) is 49.3 Å². The van der Waals surface area contributed by atoms with E-state index in [1.807, 2.05) is 115 Å². The van der Waals surface area contributed by atoms with Gasteiger partial charge >= 0.3 is 24.0 Å². The monoisotopic (exact) mass is 961 g/mol. The van der Waals surface area contributed by atoms with Gasteiger partial charge in [0.05, 0.1) is 17.8 Å². The van der Waals surface area contributed by atoms with E-state index >= 15 is 0 Å². The maximum atomic E-state index is 14.5. The zero-order chi connectivity index (χ0) is 48.0. The van der Waals surface area contributed by atoms with Crippen LogP contribution in [0.3, 0.4) is 0 Å². The minimum atomic E-state index is -0.808. The number of nitrogens with zero attached hydrogens (tertiary/aromatic N) is 2. The van der Waals surface area contributed by atoms with Gasteiger partial charge < -0.3 is 29.0 Å². The highest BCUT2D eigenvalue weighted by Gasteiger charge is 2.54. The highest BCUT2D eigenvalue weighted by Crippen LogP contribution is 2.49. The Balaban J connectivity index is 0.913. The summed E-state index contributed by atoms with van der Waals surface area (Å²) in [5.41, 5.74) is 4.59. The van der Waals surface area contributed by atoms with E-state index < -0.39 is 41.5 Å². The van der Waals surface area contributed by atoms with Crippen LogP contribution in [0.4, 0.5) is 16.2 Å². The van der Waals surface area contributed by atoms with E-state index in [1.165, 1.54) is 71.4 Å². The lowest BCUT2D eigenvalue weighted by molar-refractivity contribution is -0.154. The van der Waals surface area contributed by atoms with E-state index in [1.54, 1.807) is 12.1 Å². The summed E-state index contributed by atoms with van der Waals surface area (Å²) in [4.78, 5) is 82.5. The molecule has 0 bridgehead atoms. The number of nitrogens with one attached hydrogen (secondary N) is 1. The van der Waals surface area contributed by atoms with Crippen molar-refractivity contribution in [3.63, 3.8) is 0 Å². The summed E-state index contributed by atoms with van der Waals surface area (Å²) >= 11 is 2.95. The van der Waals surface area contributed by atoms with Crippen molar-refractivity contribution < 1.29 is 52.5 Å². The molecule has 3 amide bonds. The fraction of sp³-hybridized carbons (Fsp3) is 0.170. The molecule has 0 aliphatic carbocycles. The van der Waals surface area contributed by atoms with Gasteiger partial charge in [0.25, 0.3) is 5.91 Å². The minimum Gasteiger partial charge on any atom is -0.453 e. The normalized spacial score (nSPS) is 15.7. The highest BCUT2D eigenvalue weighted by atomic mass is 32.2. The van der Waals surface area contributed by atoms with E-state index in [9.17, 15) is 28.8 Å². The number of benzene rings is 6. The van der Waals surface area contributed by atoms with Crippen LogP contribution in [0, 0.1) is 0 Å². The number of thioether (sulfide) groups is 2. The van der Waals surface area contributed by atoms with Crippen molar-refractivity contribution in [1.29, 1.82) is 0 Å². The lowest BCUT2D eigenvalue weighted by atomic mass is 10.0. The van der Waals surface area contributed by atoms with Gasteiger partial charge in [0.1, 0.15) is 35.2 Å². The molecule has 1 fully saturated rings. The van der Waals surface area contributed by atoms with Gasteiger partial charge in [-0.2, -0.15) is 0 Å². The molecule has 9 rings (SSSR count). The second-order valence-electron chi connectivity index (χ2n) is 16.0. The summed E-state index contributed by atoms with van der Waals surface area (Å²) in [5.74, 6) is -0.816. The number of hydrogen-bond acceptors (Lipinski definition) is 13. The number of esters is 3. The number of rotatable bonds is 14. The predicted octanol–water partition coefficient (Wildman–Crippen LogP) is 9.44. The first-order valence-electron chi connectivity index (χ1n) is 21.8. The predicted molar refractivity (Wildman–Crippen MR) is 258 cm³/mol. The zero-order valence-electron chi connectivity index (χ0n) is 37.2. The molecule has 1 saturated heterocycles. The number of β-lactam (4-membered cyclic amide) rings is 1. The van der Waals surface area contributed by atoms with Crippen LogP contribution in [-0.4, -0.2) is 63.6 Å². The van der Waals surface area contributed by atoms with Crippen molar-refractivity contribution in [3.8, 4) is 23.0 Å². The molecule has 16 heteroatoms. The van der Waals surface area contributed by atoms with Crippen LogP contribution in [0.2, 0.25) is 0 Å². The van der Waals surface area contributed by atoms with Gasteiger partial charge in [0.15, 0.2) is 17.6 Å². The third kappa shape index (κ3) is 10.5. The highest BCUT2D eigenvalue weighted by molar-refractivity contribution is 8.01. The molecule has 3 aliphatic heterocycles. The quantitative estimate of drug-likeness (QED) is 0.0475. The van der Waals surface area contributed by atoms with E-state index in [2.05, 4.69) is 5.32 Å². The summed E-state index contributed by atoms with van der Waals surface area (Å²) in [7, 11) is 0. The zero-order valence-corrected chi connectivity index (χ0v) is 38.8. The number of carbonyl (C=O) groups excluding carboxylic acids is 6. The molecule has 6 aromatic rings. The Bertz CT molecular complexity index is 2870. The maximum absolute atomic E-state index is 14.5. The number of fused-ring (bicyclic) bond motifs is 3. The van der Waals surface area contributed by atoms with Gasteiger partial charge in [-0.15, -0.1) is 23.5 Å². The van der Waals surface area contributed by atoms with E-state index in [0.717, 1.165) is 21.6 Å². The molecule has 0 aromatic heterocycles. The third-order valence-electron chi connectivity index (χ3n) is 11.2. The fourth-order valence-corrected chi connectivity index (χ4v) is 10.4. The van der Waals surface area contributed by atoms with Crippen LogP contribution in [-0.2, 0) is 46.5 Å². The standard InChI is InChI=1S/C53H43N3O11S2/c1-32(57)64-39-20-24-42-44(27-39)66-45-28-40(65-33(2)58)21-25-43(45)55(42)53(62)63-29-35-18-22-41(23-19-35)68-30-38-31-69-51-47(54-46(59)26-34-12-6-3-7-13-34)50(60)56(51)48(38)52(61)67-49(36-14-8-4-9-15-36)37-16-10-5-11-17-37/h3-25,27-28,47,49,51H,26,29-31H2,1-2H3,(H,54,59)/t47-,51-/m1/s1. The summed E-state index contributed by atoms with van der Waals surface area (Å²) in [5, 5.41) is 2.40. The lowest BCUT2D eigenvalue weighted by Crippen LogP contribution is -2.70. The first-order chi connectivity index (χ1) is 33.5.